The molecule has 5 heteroatoms. The maximum atomic E-state index is 11.9. The van der Waals surface area contributed by atoms with E-state index in [2.05, 4.69) is 22.6 Å². The van der Waals surface area contributed by atoms with Crippen LogP contribution in [0.4, 0.5) is 11.4 Å². The third-order valence-corrected chi connectivity index (χ3v) is 4.38. The molecule has 1 aliphatic carbocycles. The van der Waals surface area contributed by atoms with Crippen molar-refractivity contribution in [1.82, 2.24) is 10.2 Å². The molecule has 122 valence electrons. The van der Waals surface area contributed by atoms with Crippen molar-refractivity contribution in [2.75, 3.05) is 37.7 Å². The summed E-state index contributed by atoms with van der Waals surface area (Å²) < 4.78 is 0. The zero-order valence-electron chi connectivity index (χ0n) is 13.5. The van der Waals surface area contributed by atoms with Crippen molar-refractivity contribution >= 4 is 17.3 Å². The van der Waals surface area contributed by atoms with Gasteiger partial charge >= 0.3 is 0 Å². The maximum Gasteiger partial charge on any atom is 0.239 e. The number of carbonyl (C=O) groups is 1. The SMILES string of the molecule is CN(CCNC(=O)CNc1ccccc1N)C1CCCCC1. The number of carbonyl (C=O) groups excluding carboxylic acids is 1. The minimum Gasteiger partial charge on any atom is -0.397 e. The Labute approximate surface area is 133 Å². The molecule has 1 fully saturated rings. The van der Waals surface area contributed by atoms with E-state index in [0.717, 1.165) is 12.2 Å². The fraction of sp³-hybridized carbons (Fsp3) is 0.588. The topological polar surface area (TPSA) is 70.4 Å². The summed E-state index contributed by atoms with van der Waals surface area (Å²) in [6.45, 7) is 1.85. The van der Waals surface area contributed by atoms with E-state index in [1.165, 1.54) is 32.1 Å². The van der Waals surface area contributed by atoms with E-state index in [4.69, 9.17) is 5.73 Å². The summed E-state index contributed by atoms with van der Waals surface area (Å²) in [6.07, 6.45) is 6.63. The van der Waals surface area contributed by atoms with Crippen molar-refractivity contribution in [3.05, 3.63) is 24.3 Å². The summed E-state index contributed by atoms with van der Waals surface area (Å²) in [5.41, 5.74) is 7.29. The molecular weight excluding hydrogens is 276 g/mol. The number of rotatable bonds is 7. The highest BCUT2D eigenvalue weighted by molar-refractivity contribution is 5.82. The molecule has 0 atom stereocenters. The van der Waals surface area contributed by atoms with Crippen LogP contribution in [-0.2, 0) is 4.79 Å². The lowest BCUT2D eigenvalue weighted by molar-refractivity contribution is -0.119. The first-order valence-electron chi connectivity index (χ1n) is 8.22. The summed E-state index contributed by atoms with van der Waals surface area (Å²) >= 11 is 0. The molecule has 0 spiro atoms. The van der Waals surface area contributed by atoms with Crippen molar-refractivity contribution in [2.45, 2.75) is 38.1 Å². The largest absolute Gasteiger partial charge is 0.397 e. The Kier molecular flexibility index (Phi) is 6.52. The fourth-order valence-electron chi connectivity index (χ4n) is 2.97. The normalized spacial score (nSPS) is 15.7. The highest BCUT2D eigenvalue weighted by Crippen LogP contribution is 2.21. The fourth-order valence-corrected chi connectivity index (χ4v) is 2.97. The highest BCUT2D eigenvalue weighted by Gasteiger charge is 2.17. The lowest BCUT2D eigenvalue weighted by Gasteiger charge is -2.31. The van der Waals surface area contributed by atoms with Crippen molar-refractivity contribution in [2.24, 2.45) is 0 Å². The van der Waals surface area contributed by atoms with Gasteiger partial charge in [0.25, 0.3) is 0 Å². The van der Waals surface area contributed by atoms with Crippen molar-refractivity contribution < 1.29 is 4.79 Å². The summed E-state index contributed by atoms with van der Waals surface area (Å²) in [7, 11) is 2.16. The molecule has 22 heavy (non-hydrogen) atoms. The molecule has 0 heterocycles. The summed E-state index contributed by atoms with van der Waals surface area (Å²) in [5, 5.41) is 6.02. The second kappa shape index (κ2) is 8.63. The van der Waals surface area contributed by atoms with E-state index < -0.39 is 0 Å². The second-order valence-electron chi connectivity index (χ2n) is 6.06. The zero-order chi connectivity index (χ0) is 15.8. The average Bonchev–Trinajstić information content (AvgIpc) is 2.55. The number of nitrogens with one attached hydrogen (secondary N) is 2. The molecule has 0 aliphatic heterocycles. The van der Waals surface area contributed by atoms with Crippen LogP contribution >= 0.6 is 0 Å². The van der Waals surface area contributed by atoms with E-state index in [1.54, 1.807) is 0 Å². The van der Waals surface area contributed by atoms with Gasteiger partial charge in [0.15, 0.2) is 0 Å². The van der Waals surface area contributed by atoms with Crippen LogP contribution in [0, 0.1) is 0 Å². The van der Waals surface area contributed by atoms with Gasteiger partial charge in [-0.1, -0.05) is 31.4 Å². The maximum absolute atomic E-state index is 11.9. The first-order chi connectivity index (χ1) is 10.7. The summed E-state index contributed by atoms with van der Waals surface area (Å²) in [5.74, 6) is 0.000275. The Balaban J connectivity index is 1.62. The van der Waals surface area contributed by atoms with E-state index in [9.17, 15) is 4.79 Å². The van der Waals surface area contributed by atoms with Crippen LogP contribution in [0.1, 0.15) is 32.1 Å². The summed E-state index contributed by atoms with van der Waals surface area (Å²) in [6, 6.07) is 8.16. The van der Waals surface area contributed by atoms with Crippen LogP contribution in [0.25, 0.3) is 0 Å². The zero-order valence-corrected chi connectivity index (χ0v) is 13.5. The second-order valence-corrected chi connectivity index (χ2v) is 6.06. The lowest BCUT2D eigenvalue weighted by Crippen LogP contribution is -2.40. The van der Waals surface area contributed by atoms with Crippen LogP contribution in [-0.4, -0.2) is 43.5 Å². The number of likely N-dealkylation sites (N-methyl/N-ethyl adjacent to an activating group) is 1. The Morgan fingerprint density at radius 3 is 2.73 bits per heavy atom. The Morgan fingerprint density at radius 2 is 2.00 bits per heavy atom. The molecule has 2 rings (SSSR count). The van der Waals surface area contributed by atoms with Gasteiger partial charge in [-0.3, -0.25) is 4.79 Å². The van der Waals surface area contributed by atoms with Gasteiger partial charge in [-0.25, -0.2) is 0 Å². The Bertz CT molecular complexity index is 471. The first-order valence-corrected chi connectivity index (χ1v) is 8.22. The summed E-state index contributed by atoms with van der Waals surface area (Å²) in [4.78, 5) is 14.2. The Hall–Kier alpha value is -1.75. The Morgan fingerprint density at radius 1 is 1.27 bits per heavy atom. The molecule has 1 amide bonds. The number of amides is 1. The first kappa shape index (κ1) is 16.6. The van der Waals surface area contributed by atoms with Crippen molar-refractivity contribution in [3.63, 3.8) is 0 Å². The van der Waals surface area contributed by atoms with E-state index in [-0.39, 0.29) is 12.5 Å². The third kappa shape index (κ3) is 5.22. The highest BCUT2D eigenvalue weighted by atomic mass is 16.1. The molecule has 0 unspecified atom stereocenters. The van der Waals surface area contributed by atoms with Gasteiger partial charge in [-0.15, -0.1) is 0 Å². The molecule has 1 saturated carbocycles. The number of nitrogens with two attached hydrogens (primary N) is 1. The molecule has 4 N–H and O–H groups in total. The average molecular weight is 304 g/mol. The number of hydrogen-bond donors (Lipinski definition) is 3. The predicted octanol–water partition coefficient (Wildman–Crippen LogP) is 2.06. The standard InChI is InChI=1S/C17H28N4O/c1-21(14-7-3-2-4-8-14)12-11-19-17(22)13-20-16-10-6-5-9-15(16)18/h5-6,9-10,14,20H,2-4,7-8,11-13,18H2,1H3,(H,19,22). The monoisotopic (exact) mass is 304 g/mol. The van der Waals surface area contributed by atoms with Crippen LogP contribution < -0.4 is 16.4 Å². The van der Waals surface area contributed by atoms with Crippen LogP contribution in [0.15, 0.2) is 24.3 Å². The number of anilines is 2. The lowest BCUT2D eigenvalue weighted by atomic mass is 9.94. The predicted molar refractivity (Wildman–Crippen MR) is 91.9 cm³/mol. The van der Waals surface area contributed by atoms with Gasteiger partial charge in [0.05, 0.1) is 17.9 Å². The smallest absolute Gasteiger partial charge is 0.239 e. The number of hydrogen-bond acceptors (Lipinski definition) is 4. The number of nitrogens with zero attached hydrogens (tertiary/aromatic N) is 1. The molecular formula is C17H28N4O. The molecule has 1 aliphatic rings. The van der Waals surface area contributed by atoms with Crippen LogP contribution in [0.2, 0.25) is 0 Å². The number of para-hydroxylation sites is 2. The molecule has 0 aromatic heterocycles. The molecule has 1 aromatic carbocycles. The third-order valence-electron chi connectivity index (χ3n) is 4.38. The van der Waals surface area contributed by atoms with Crippen molar-refractivity contribution in [1.29, 1.82) is 0 Å². The van der Waals surface area contributed by atoms with Crippen LogP contribution in [0.3, 0.4) is 0 Å². The van der Waals surface area contributed by atoms with E-state index >= 15 is 0 Å². The molecule has 0 saturated heterocycles. The number of benzene rings is 1. The van der Waals surface area contributed by atoms with Gasteiger partial charge < -0.3 is 21.3 Å². The van der Waals surface area contributed by atoms with E-state index in [0.29, 0.717) is 18.3 Å². The molecule has 1 aromatic rings. The van der Waals surface area contributed by atoms with Crippen LogP contribution in [0.5, 0.6) is 0 Å². The van der Waals surface area contributed by atoms with Gasteiger partial charge in [0.2, 0.25) is 5.91 Å². The number of nitrogen functional groups attached to an aromatic ring is 1. The minimum absolute atomic E-state index is 0.000275. The molecule has 0 radical (unpaired) electrons. The van der Waals surface area contributed by atoms with Gasteiger partial charge in [0.1, 0.15) is 0 Å². The molecule has 0 bridgehead atoms. The van der Waals surface area contributed by atoms with Gasteiger partial charge in [-0.05, 0) is 32.0 Å². The molecule has 5 nitrogen and oxygen atoms in total. The van der Waals surface area contributed by atoms with E-state index in [1.807, 2.05) is 24.3 Å². The van der Waals surface area contributed by atoms with Gasteiger partial charge in [0, 0.05) is 19.1 Å². The van der Waals surface area contributed by atoms with Crippen molar-refractivity contribution in [3.8, 4) is 0 Å². The van der Waals surface area contributed by atoms with Gasteiger partial charge in [-0.2, -0.15) is 0 Å². The minimum atomic E-state index is 0.000275. The quantitative estimate of drug-likeness (QED) is 0.674.